The van der Waals surface area contributed by atoms with Crippen LogP contribution in [0.4, 0.5) is 0 Å². The zero-order valence-electron chi connectivity index (χ0n) is 7.36. The Hall–Kier alpha value is -0.700. The molecule has 0 N–H and O–H groups in total. The molecule has 13 heavy (non-hydrogen) atoms. The molecule has 1 saturated carbocycles. The predicted octanol–water partition coefficient (Wildman–Crippen LogP) is 2.83. The third-order valence-corrected chi connectivity index (χ3v) is 3.49. The van der Waals surface area contributed by atoms with E-state index in [0.29, 0.717) is 12.2 Å². The number of rotatable bonds is 0. The molecule has 3 rings (SSSR count). The van der Waals surface area contributed by atoms with Crippen LogP contribution in [0.15, 0.2) is 10.8 Å². The maximum Gasteiger partial charge on any atom is 0.172 e. The van der Waals surface area contributed by atoms with Crippen molar-refractivity contribution in [3.63, 3.8) is 0 Å². The van der Waals surface area contributed by atoms with Gasteiger partial charge in [0.05, 0.1) is 0 Å². The molecule has 0 spiro atoms. The van der Waals surface area contributed by atoms with Gasteiger partial charge in [-0.15, -0.1) is 11.3 Å². The van der Waals surface area contributed by atoms with Gasteiger partial charge in [-0.05, 0) is 25.7 Å². The molecular formula is C10H12O2S. The van der Waals surface area contributed by atoms with Crippen LogP contribution in [0.25, 0.3) is 0 Å². The second kappa shape index (κ2) is 2.91. The molecule has 2 aliphatic rings. The summed E-state index contributed by atoms with van der Waals surface area (Å²) in [4.78, 5) is 0. The Morgan fingerprint density at radius 1 is 1.00 bits per heavy atom. The van der Waals surface area contributed by atoms with Gasteiger partial charge < -0.3 is 9.47 Å². The van der Waals surface area contributed by atoms with E-state index in [0.717, 1.165) is 24.3 Å². The molecule has 1 aromatic rings. The molecule has 3 heteroatoms. The lowest BCUT2D eigenvalue weighted by atomic mass is 9.94. The van der Waals surface area contributed by atoms with Crippen molar-refractivity contribution >= 4 is 11.3 Å². The van der Waals surface area contributed by atoms with Crippen LogP contribution in [0.5, 0.6) is 11.5 Å². The highest BCUT2D eigenvalue weighted by molar-refractivity contribution is 7.08. The molecule has 0 radical (unpaired) electrons. The second-order valence-electron chi connectivity index (χ2n) is 3.70. The number of ether oxygens (including phenoxy) is 2. The zero-order valence-corrected chi connectivity index (χ0v) is 8.18. The molecule has 0 unspecified atom stereocenters. The number of thiophene rings is 1. The maximum absolute atomic E-state index is 5.86. The molecule has 2 nitrogen and oxygen atoms in total. The monoisotopic (exact) mass is 196 g/mol. The zero-order chi connectivity index (χ0) is 8.67. The van der Waals surface area contributed by atoms with Crippen molar-refractivity contribution < 1.29 is 9.47 Å². The van der Waals surface area contributed by atoms with Crippen LogP contribution in [-0.2, 0) is 0 Å². The average Bonchev–Trinajstić information content (AvgIpc) is 2.61. The predicted molar refractivity (Wildman–Crippen MR) is 51.6 cm³/mol. The molecule has 0 bridgehead atoms. The molecule has 2 atom stereocenters. The summed E-state index contributed by atoms with van der Waals surface area (Å²) < 4.78 is 11.7. The van der Waals surface area contributed by atoms with Gasteiger partial charge in [-0.1, -0.05) is 0 Å². The Bertz CT molecular complexity index is 279. The van der Waals surface area contributed by atoms with Crippen molar-refractivity contribution in [3.05, 3.63) is 10.8 Å². The first-order valence-electron chi connectivity index (χ1n) is 4.83. The van der Waals surface area contributed by atoms with Crippen molar-refractivity contribution in [2.24, 2.45) is 0 Å². The van der Waals surface area contributed by atoms with Gasteiger partial charge >= 0.3 is 0 Å². The topological polar surface area (TPSA) is 18.5 Å². The standard InChI is InChI=1S/C10H12O2S/c1-2-4-8-7(3-1)11-9-5-13-6-10(9)12-8/h5-8H,1-4H2/t7-,8-/m0/s1. The van der Waals surface area contributed by atoms with Gasteiger partial charge in [-0.25, -0.2) is 0 Å². The van der Waals surface area contributed by atoms with Gasteiger partial charge in [-0.3, -0.25) is 0 Å². The Morgan fingerprint density at radius 3 is 2.08 bits per heavy atom. The van der Waals surface area contributed by atoms with Gasteiger partial charge in [0.25, 0.3) is 0 Å². The van der Waals surface area contributed by atoms with E-state index < -0.39 is 0 Å². The summed E-state index contributed by atoms with van der Waals surface area (Å²) in [7, 11) is 0. The summed E-state index contributed by atoms with van der Waals surface area (Å²) in [6.07, 6.45) is 5.50. The van der Waals surface area contributed by atoms with Crippen molar-refractivity contribution in [2.45, 2.75) is 37.9 Å². The molecule has 1 fully saturated rings. The summed E-state index contributed by atoms with van der Waals surface area (Å²) in [5, 5.41) is 4.06. The molecule has 1 aromatic heterocycles. The fourth-order valence-corrected chi connectivity index (χ4v) is 2.76. The smallest absolute Gasteiger partial charge is 0.172 e. The van der Waals surface area contributed by atoms with Crippen molar-refractivity contribution in [2.75, 3.05) is 0 Å². The minimum atomic E-state index is 0.316. The van der Waals surface area contributed by atoms with Gasteiger partial charge in [-0.2, -0.15) is 0 Å². The third kappa shape index (κ3) is 1.22. The van der Waals surface area contributed by atoms with Crippen molar-refractivity contribution in [3.8, 4) is 11.5 Å². The Balaban J connectivity index is 1.89. The van der Waals surface area contributed by atoms with Gasteiger partial charge in [0, 0.05) is 10.8 Å². The van der Waals surface area contributed by atoms with Crippen LogP contribution in [0.2, 0.25) is 0 Å². The van der Waals surface area contributed by atoms with E-state index in [2.05, 4.69) is 0 Å². The van der Waals surface area contributed by atoms with Crippen LogP contribution in [0.1, 0.15) is 25.7 Å². The number of fused-ring (bicyclic) bond motifs is 2. The van der Waals surface area contributed by atoms with Gasteiger partial charge in [0.15, 0.2) is 11.5 Å². The fourth-order valence-electron chi connectivity index (χ4n) is 2.10. The largest absolute Gasteiger partial charge is 0.482 e. The fraction of sp³-hybridized carbons (Fsp3) is 0.600. The summed E-state index contributed by atoms with van der Waals surface area (Å²) in [6, 6.07) is 0. The molecule has 0 amide bonds. The first-order chi connectivity index (χ1) is 6.43. The molecule has 0 aromatic carbocycles. The maximum atomic E-state index is 5.86. The minimum absolute atomic E-state index is 0.316. The molecule has 70 valence electrons. The van der Waals surface area contributed by atoms with Crippen LogP contribution < -0.4 is 9.47 Å². The number of hydrogen-bond acceptors (Lipinski definition) is 3. The lowest BCUT2D eigenvalue weighted by molar-refractivity contribution is -0.00503. The first kappa shape index (κ1) is 7.68. The highest BCUT2D eigenvalue weighted by Gasteiger charge is 2.33. The van der Waals surface area contributed by atoms with Crippen molar-refractivity contribution in [1.29, 1.82) is 0 Å². The van der Waals surface area contributed by atoms with E-state index in [-0.39, 0.29) is 0 Å². The highest BCUT2D eigenvalue weighted by Crippen LogP contribution is 2.40. The third-order valence-electron chi connectivity index (χ3n) is 2.79. The minimum Gasteiger partial charge on any atom is -0.482 e. The molecule has 1 aliphatic carbocycles. The Morgan fingerprint density at radius 2 is 1.54 bits per heavy atom. The molecule has 0 saturated heterocycles. The highest BCUT2D eigenvalue weighted by atomic mass is 32.1. The van der Waals surface area contributed by atoms with Crippen LogP contribution in [0.3, 0.4) is 0 Å². The SMILES string of the molecule is c1scc2c1O[C@H]1CCCC[C@@H]1O2. The molecular weight excluding hydrogens is 184 g/mol. The van der Waals surface area contributed by atoms with E-state index in [1.807, 2.05) is 10.8 Å². The lowest BCUT2D eigenvalue weighted by Crippen LogP contribution is -2.41. The Kier molecular flexibility index (Phi) is 1.72. The second-order valence-corrected chi connectivity index (χ2v) is 4.44. The van der Waals surface area contributed by atoms with E-state index in [9.17, 15) is 0 Å². The average molecular weight is 196 g/mol. The van der Waals surface area contributed by atoms with E-state index >= 15 is 0 Å². The van der Waals surface area contributed by atoms with E-state index in [4.69, 9.17) is 9.47 Å². The summed E-state index contributed by atoms with van der Waals surface area (Å²) in [5.41, 5.74) is 0. The summed E-state index contributed by atoms with van der Waals surface area (Å²) >= 11 is 1.65. The molecule has 2 heterocycles. The van der Waals surface area contributed by atoms with Crippen LogP contribution >= 0.6 is 11.3 Å². The van der Waals surface area contributed by atoms with Crippen LogP contribution in [-0.4, -0.2) is 12.2 Å². The van der Waals surface area contributed by atoms with Gasteiger partial charge in [0.1, 0.15) is 12.2 Å². The number of hydrogen-bond donors (Lipinski definition) is 0. The Labute approximate surface area is 81.5 Å². The van der Waals surface area contributed by atoms with Crippen molar-refractivity contribution in [1.82, 2.24) is 0 Å². The first-order valence-corrected chi connectivity index (χ1v) is 5.77. The molecule has 1 aliphatic heterocycles. The van der Waals surface area contributed by atoms with Gasteiger partial charge in [0.2, 0.25) is 0 Å². The van der Waals surface area contributed by atoms with E-state index in [1.165, 1.54) is 12.8 Å². The summed E-state index contributed by atoms with van der Waals surface area (Å²) in [6.45, 7) is 0. The lowest BCUT2D eigenvalue weighted by Gasteiger charge is -2.35. The van der Waals surface area contributed by atoms with Crippen LogP contribution in [0, 0.1) is 0 Å². The normalized spacial score (nSPS) is 31.1. The quantitative estimate of drug-likeness (QED) is 0.635. The van der Waals surface area contributed by atoms with E-state index in [1.54, 1.807) is 11.3 Å². The summed E-state index contributed by atoms with van der Waals surface area (Å²) in [5.74, 6) is 1.90.